The van der Waals surface area contributed by atoms with Crippen molar-refractivity contribution in [2.75, 3.05) is 20.2 Å². The summed E-state index contributed by atoms with van der Waals surface area (Å²) in [7, 11) is 1.49. The van der Waals surface area contributed by atoms with Gasteiger partial charge in [-0.25, -0.2) is 0 Å². The molecule has 1 aliphatic heterocycles. The van der Waals surface area contributed by atoms with Gasteiger partial charge in [-0.2, -0.15) is 0 Å². The Labute approximate surface area is 202 Å². The van der Waals surface area contributed by atoms with Crippen LogP contribution in [0, 0.1) is 0 Å². The largest absolute Gasteiger partial charge is 0.387 e. The van der Waals surface area contributed by atoms with Gasteiger partial charge in [-0.15, -0.1) is 0 Å². The number of ether oxygens (including phenoxy) is 2. The van der Waals surface area contributed by atoms with E-state index in [2.05, 4.69) is 22.9 Å². The molecule has 0 aromatic carbocycles. The number of nitrogens with one attached hydrogen (secondary N) is 3. The molecule has 0 saturated carbocycles. The highest BCUT2D eigenvalue weighted by Crippen LogP contribution is 2.23. The van der Waals surface area contributed by atoms with Crippen LogP contribution in [-0.2, 0) is 23.9 Å². The molecule has 34 heavy (non-hydrogen) atoms. The third-order valence-electron chi connectivity index (χ3n) is 5.77. The summed E-state index contributed by atoms with van der Waals surface area (Å²) in [4.78, 5) is 35.6. The quantitative estimate of drug-likeness (QED) is 0.161. The summed E-state index contributed by atoms with van der Waals surface area (Å²) in [5.41, 5.74) is 0. The van der Waals surface area contributed by atoms with Gasteiger partial charge in [-0.3, -0.25) is 14.4 Å². The molecule has 0 radical (unpaired) electrons. The molecule has 11 nitrogen and oxygen atoms in total. The summed E-state index contributed by atoms with van der Waals surface area (Å²) < 4.78 is 11.0. The van der Waals surface area contributed by atoms with Crippen LogP contribution in [0.1, 0.15) is 71.6 Å². The first kappa shape index (κ1) is 30.2. The fourth-order valence-corrected chi connectivity index (χ4v) is 3.76. The highest BCUT2D eigenvalue weighted by molar-refractivity contribution is 5.86. The summed E-state index contributed by atoms with van der Waals surface area (Å²) in [6.45, 7) is 4.04. The molecule has 11 heteroatoms. The van der Waals surface area contributed by atoms with Crippen LogP contribution >= 0.6 is 0 Å². The van der Waals surface area contributed by atoms with Crippen molar-refractivity contribution in [1.82, 2.24) is 16.0 Å². The van der Waals surface area contributed by atoms with Gasteiger partial charge in [0.05, 0.1) is 0 Å². The van der Waals surface area contributed by atoms with Crippen LogP contribution in [-0.4, -0.2) is 90.0 Å². The van der Waals surface area contributed by atoms with Crippen LogP contribution in [0.4, 0.5) is 0 Å². The maximum atomic E-state index is 12.5. The molecule has 0 spiro atoms. The van der Waals surface area contributed by atoms with Gasteiger partial charge in [0.1, 0.15) is 24.4 Å². The topological polar surface area (TPSA) is 166 Å². The van der Waals surface area contributed by atoms with Crippen LogP contribution in [0.2, 0.25) is 0 Å². The predicted octanol–water partition coefficient (Wildman–Crippen LogP) is -0.292. The molecule has 0 aliphatic carbocycles. The van der Waals surface area contributed by atoms with Gasteiger partial charge in [-0.1, -0.05) is 39.0 Å². The average molecular weight is 490 g/mol. The number of aliphatic hydroxyl groups excluding tert-OH is 3. The second-order valence-corrected chi connectivity index (χ2v) is 8.69. The molecule has 0 aromatic rings. The van der Waals surface area contributed by atoms with Crippen molar-refractivity contribution in [2.24, 2.45) is 0 Å². The molecule has 1 saturated heterocycles. The van der Waals surface area contributed by atoms with Crippen molar-refractivity contribution in [3.8, 4) is 0 Å². The zero-order chi connectivity index (χ0) is 25.5. The normalized spacial score (nSPS) is 25.4. The number of hydrogen-bond donors (Lipinski definition) is 6. The Balaban J connectivity index is 2.42. The van der Waals surface area contributed by atoms with Crippen LogP contribution in [0.15, 0.2) is 0 Å². The molecule has 1 rings (SSSR count). The minimum absolute atomic E-state index is 0.244. The molecule has 1 fully saturated rings. The molecule has 3 amide bonds. The van der Waals surface area contributed by atoms with Gasteiger partial charge in [0.25, 0.3) is 5.91 Å². The Hall–Kier alpha value is -1.79. The number of amides is 3. The van der Waals surface area contributed by atoms with Gasteiger partial charge in [0.2, 0.25) is 11.8 Å². The van der Waals surface area contributed by atoms with E-state index >= 15 is 0 Å². The highest BCUT2D eigenvalue weighted by atomic mass is 16.7. The van der Waals surface area contributed by atoms with Crippen LogP contribution in [0.25, 0.3) is 0 Å². The van der Waals surface area contributed by atoms with Gasteiger partial charge >= 0.3 is 0 Å². The SMILES string of the molecule is CCCCCCCCO[C@@H]1OC(C(=O)NCCCCC(NC(C)=O)C(=O)NC)[C@@H](O)C(O)[C@@H]1O. The molecular formula is C23H43N3O8. The fourth-order valence-electron chi connectivity index (χ4n) is 3.76. The van der Waals surface area contributed by atoms with E-state index in [0.29, 0.717) is 25.9 Å². The number of hydrogen-bond acceptors (Lipinski definition) is 8. The highest BCUT2D eigenvalue weighted by Gasteiger charge is 2.47. The summed E-state index contributed by atoms with van der Waals surface area (Å²) >= 11 is 0. The van der Waals surface area contributed by atoms with E-state index in [4.69, 9.17) is 9.47 Å². The Morgan fingerprint density at radius 2 is 1.62 bits per heavy atom. The van der Waals surface area contributed by atoms with Crippen molar-refractivity contribution in [3.05, 3.63) is 0 Å². The van der Waals surface area contributed by atoms with Crippen LogP contribution in [0.3, 0.4) is 0 Å². The predicted molar refractivity (Wildman–Crippen MR) is 125 cm³/mol. The van der Waals surface area contributed by atoms with E-state index in [-0.39, 0.29) is 18.4 Å². The first-order valence-corrected chi connectivity index (χ1v) is 12.3. The fraction of sp³-hybridized carbons (Fsp3) is 0.870. The molecule has 0 bridgehead atoms. The third-order valence-corrected chi connectivity index (χ3v) is 5.77. The second-order valence-electron chi connectivity index (χ2n) is 8.69. The minimum atomic E-state index is -1.60. The maximum Gasteiger partial charge on any atom is 0.252 e. The van der Waals surface area contributed by atoms with Crippen LogP contribution in [0.5, 0.6) is 0 Å². The van der Waals surface area contributed by atoms with Gasteiger partial charge < -0.3 is 40.7 Å². The lowest BCUT2D eigenvalue weighted by Crippen LogP contribution is -2.62. The Morgan fingerprint density at radius 3 is 2.26 bits per heavy atom. The number of carbonyl (C=O) groups excluding carboxylic acids is 3. The lowest BCUT2D eigenvalue weighted by molar-refractivity contribution is -0.290. The van der Waals surface area contributed by atoms with Crippen molar-refractivity contribution in [1.29, 1.82) is 0 Å². The molecule has 6 atom stereocenters. The number of carbonyl (C=O) groups is 3. The average Bonchev–Trinajstić information content (AvgIpc) is 2.81. The first-order valence-electron chi connectivity index (χ1n) is 12.3. The van der Waals surface area contributed by atoms with Crippen molar-refractivity contribution >= 4 is 17.7 Å². The van der Waals surface area contributed by atoms with E-state index in [1.165, 1.54) is 20.4 Å². The molecule has 1 aliphatic rings. The lowest BCUT2D eigenvalue weighted by atomic mass is 9.98. The van der Waals surface area contributed by atoms with E-state index in [9.17, 15) is 29.7 Å². The summed E-state index contributed by atoms with van der Waals surface area (Å²) in [6, 6.07) is -0.650. The van der Waals surface area contributed by atoms with Crippen molar-refractivity contribution in [2.45, 2.75) is 108 Å². The standard InChI is InChI=1S/C23H43N3O8/c1-4-5-6-7-8-11-14-33-23-19(30)17(28)18(29)20(34-23)22(32)25-13-10-9-12-16(21(31)24-3)26-15(2)27/h16-20,23,28-30H,4-14H2,1-3H3,(H,24,31)(H,25,32)(H,26,27)/t16?,17?,18-,19-,20?,23+/m0/s1. The first-order chi connectivity index (χ1) is 16.2. The Morgan fingerprint density at radius 1 is 0.941 bits per heavy atom. The van der Waals surface area contributed by atoms with Gasteiger partial charge in [-0.05, 0) is 25.7 Å². The number of rotatable bonds is 16. The smallest absolute Gasteiger partial charge is 0.252 e. The molecule has 1 heterocycles. The van der Waals surface area contributed by atoms with Crippen molar-refractivity contribution < 1.29 is 39.2 Å². The monoisotopic (exact) mass is 489 g/mol. The van der Waals surface area contributed by atoms with E-state index < -0.39 is 42.7 Å². The Kier molecular flexibility index (Phi) is 14.9. The molecule has 6 N–H and O–H groups in total. The van der Waals surface area contributed by atoms with Gasteiger partial charge in [0.15, 0.2) is 12.4 Å². The van der Waals surface area contributed by atoms with E-state index in [1.54, 1.807) is 0 Å². The zero-order valence-electron chi connectivity index (χ0n) is 20.6. The molecule has 0 aromatic heterocycles. The summed E-state index contributed by atoms with van der Waals surface area (Å²) in [5, 5.41) is 38.2. The van der Waals surface area contributed by atoms with Gasteiger partial charge in [0, 0.05) is 27.1 Å². The van der Waals surface area contributed by atoms with Crippen molar-refractivity contribution in [3.63, 3.8) is 0 Å². The zero-order valence-corrected chi connectivity index (χ0v) is 20.6. The lowest BCUT2D eigenvalue weighted by Gasteiger charge is -2.39. The Bertz CT molecular complexity index is 621. The van der Waals surface area contributed by atoms with E-state index in [1.807, 2.05) is 0 Å². The maximum absolute atomic E-state index is 12.5. The molecule has 3 unspecified atom stereocenters. The number of likely N-dealkylation sites (N-methyl/N-ethyl adjacent to an activating group) is 1. The number of aliphatic hydroxyl groups is 3. The number of unbranched alkanes of at least 4 members (excludes halogenated alkanes) is 6. The second kappa shape index (κ2) is 16.8. The summed E-state index contributed by atoms with van der Waals surface area (Å²) in [6.07, 6.45) is 0.578. The third kappa shape index (κ3) is 10.6. The molecule has 198 valence electrons. The summed E-state index contributed by atoms with van der Waals surface area (Å²) in [5.74, 6) is -1.23. The molecular weight excluding hydrogens is 446 g/mol. The van der Waals surface area contributed by atoms with Crippen LogP contribution < -0.4 is 16.0 Å². The minimum Gasteiger partial charge on any atom is -0.387 e. The van der Waals surface area contributed by atoms with E-state index in [0.717, 1.165) is 32.1 Å².